The highest BCUT2D eigenvalue weighted by molar-refractivity contribution is 5.87. The summed E-state index contributed by atoms with van der Waals surface area (Å²) in [4.78, 5) is 14.1. The number of aromatic nitrogens is 1. The van der Waals surface area contributed by atoms with Crippen LogP contribution >= 0.6 is 0 Å². The Morgan fingerprint density at radius 2 is 2.24 bits per heavy atom. The van der Waals surface area contributed by atoms with Gasteiger partial charge in [-0.05, 0) is 36.5 Å². The van der Waals surface area contributed by atoms with E-state index in [4.69, 9.17) is 5.11 Å². The molecule has 17 heavy (non-hydrogen) atoms. The van der Waals surface area contributed by atoms with Gasteiger partial charge in [-0.2, -0.15) is 0 Å². The van der Waals surface area contributed by atoms with Crippen molar-refractivity contribution in [2.45, 2.75) is 32.6 Å². The number of carboxylic acids is 1. The minimum atomic E-state index is -0.736. The van der Waals surface area contributed by atoms with E-state index in [1.165, 1.54) is 10.9 Å². The summed E-state index contributed by atoms with van der Waals surface area (Å²) in [7, 11) is 0. The summed E-state index contributed by atoms with van der Waals surface area (Å²) in [5.74, 6) is -0.651. The number of hydrogen-bond acceptors (Lipinski definition) is 1. The first-order chi connectivity index (χ1) is 8.13. The third-order valence-corrected chi connectivity index (χ3v) is 3.30. The van der Waals surface area contributed by atoms with E-state index in [0.29, 0.717) is 0 Å². The maximum atomic E-state index is 10.9. The van der Waals surface area contributed by atoms with Gasteiger partial charge in [0.2, 0.25) is 0 Å². The minimum Gasteiger partial charge on any atom is -0.481 e. The molecule has 2 N–H and O–H groups in total. The molecule has 2 aromatic rings. The van der Waals surface area contributed by atoms with Gasteiger partial charge in [-0.3, -0.25) is 4.79 Å². The van der Waals surface area contributed by atoms with E-state index < -0.39 is 5.97 Å². The van der Waals surface area contributed by atoms with Crippen LogP contribution in [0.3, 0.4) is 0 Å². The Hall–Kier alpha value is -1.77. The molecule has 0 aliphatic heterocycles. The van der Waals surface area contributed by atoms with Crippen LogP contribution in [0.4, 0.5) is 0 Å². The van der Waals surface area contributed by atoms with Gasteiger partial charge in [-0.1, -0.05) is 19.1 Å². The SMILES string of the molecule is CCC(CC(=O)O)c1c[nH]c2cccc(C)c12. The van der Waals surface area contributed by atoms with Gasteiger partial charge in [-0.25, -0.2) is 0 Å². The second-order valence-electron chi connectivity index (χ2n) is 4.44. The first-order valence-corrected chi connectivity index (χ1v) is 5.91. The van der Waals surface area contributed by atoms with Crippen molar-refractivity contribution >= 4 is 16.9 Å². The zero-order chi connectivity index (χ0) is 12.4. The van der Waals surface area contributed by atoms with Crippen molar-refractivity contribution in [2.75, 3.05) is 0 Å². The molecule has 1 aromatic heterocycles. The summed E-state index contributed by atoms with van der Waals surface area (Å²) in [5, 5.41) is 10.1. The summed E-state index contributed by atoms with van der Waals surface area (Å²) in [6, 6.07) is 6.10. The molecule has 0 spiro atoms. The van der Waals surface area contributed by atoms with E-state index in [-0.39, 0.29) is 12.3 Å². The molecule has 0 fully saturated rings. The van der Waals surface area contributed by atoms with Crippen LogP contribution in [0.15, 0.2) is 24.4 Å². The van der Waals surface area contributed by atoms with Crippen molar-refractivity contribution in [3.63, 3.8) is 0 Å². The van der Waals surface area contributed by atoms with E-state index in [9.17, 15) is 4.79 Å². The Balaban J connectivity index is 2.50. The fourth-order valence-corrected chi connectivity index (χ4v) is 2.41. The quantitative estimate of drug-likeness (QED) is 0.846. The number of carboxylic acid groups (broad SMARTS) is 1. The summed E-state index contributed by atoms with van der Waals surface area (Å²) >= 11 is 0. The molecule has 0 aliphatic carbocycles. The molecule has 2 rings (SSSR count). The van der Waals surface area contributed by atoms with Gasteiger partial charge < -0.3 is 10.1 Å². The van der Waals surface area contributed by atoms with Crippen LogP contribution in [-0.4, -0.2) is 16.1 Å². The lowest BCUT2D eigenvalue weighted by Crippen LogP contribution is -2.05. The van der Waals surface area contributed by atoms with Crippen molar-refractivity contribution in [3.05, 3.63) is 35.5 Å². The Morgan fingerprint density at radius 1 is 1.47 bits per heavy atom. The fourth-order valence-electron chi connectivity index (χ4n) is 2.41. The normalized spacial score (nSPS) is 12.8. The third kappa shape index (κ3) is 2.18. The van der Waals surface area contributed by atoms with Crippen LogP contribution in [0.2, 0.25) is 0 Å². The predicted octanol–water partition coefficient (Wildman–Crippen LogP) is 3.44. The number of nitrogens with one attached hydrogen (secondary N) is 1. The summed E-state index contributed by atoms with van der Waals surface area (Å²) in [5.41, 5.74) is 3.41. The average molecular weight is 231 g/mol. The molecule has 1 unspecified atom stereocenters. The molecule has 1 heterocycles. The van der Waals surface area contributed by atoms with E-state index in [0.717, 1.165) is 17.5 Å². The van der Waals surface area contributed by atoms with Gasteiger partial charge in [0.25, 0.3) is 0 Å². The summed E-state index contributed by atoms with van der Waals surface area (Å²) in [6.07, 6.45) is 2.99. The van der Waals surface area contributed by atoms with Crippen molar-refractivity contribution in [2.24, 2.45) is 0 Å². The molecule has 1 atom stereocenters. The van der Waals surface area contributed by atoms with Crippen molar-refractivity contribution < 1.29 is 9.90 Å². The molecule has 0 amide bonds. The Labute approximate surface area is 100 Å². The van der Waals surface area contributed by atoms with Gasteiger partial charge in [-0.15, -0.1) is 0 Å². The monoisotopic (exact) mass is 231 g/mol. The second-order valence-corrected chi connectivity index (χ2v) is 4.44. The van der Waals surface area contributed by atoms with Gasteiger partial charge in [0.1, 0.15) is 0 Å². The number of benzene rings is 1. The first-order valence-electron chi connectivity index (χ1n) is 5.91. The lowest BCUT2D eigenvalue weighted by atomic mass is 9.91. The average Bonchev–Trinajstić information content (AvgIpc) is 2.71. The van der Waals surface area contributed by atoms with Crippen LogP contribution in [0.25, 0.3) is 10.9 Å². The number of aryl methyl sites for hydroxylation is 1. The number of fused-ring (bicyclic) bond motifs is 1. The molecule has 90 valence electrons. The van der Waals surface area contributed by atoms with Crippen molar-refractivity contribution in [1.82, 2.24) is 4.98 Å². The lowest BCUT2D eigenvalue weighted by Gasteiger charge is -2.12. The van der Waals surface area contributed by atoms with Crippen molar-refractivity contribution in [3.8, 4) is 0 Å². The van der Waals surface area contributed by atoms with E-state index in [1.807, 2.05) is 25.3 Å². The Bertz CT molecular complexity index is 542. The lowest BCUT2D eigenvalue weighted by molar-refractivity contribution is -0.137. The van der Waals surface area contributed by atoms with E-state index in [1.54, 1.807) is 0 Å². The minimum absolute atomic E-state index is 0.0855. The van der Waals surface area contributed by atoms with Gasteiger partial charge in [0.05, 0.1) is 6.42 Å². The van der Waals surface area contributed by atoms with Crippen molar-refractivity contribution in [1.29, 1.82) is 0 Å². The smallest absolute Gasteiger partial charge is 0.303 e. The maximum Gasteiger partial charge on any atom is 0.303 e. The maximum absolute atomic E-state index is 10.9. The molecular formula is C14H17NO2. The number of rotatable bonds is 4. The Morgan fingerprint density at radius 3 is 2.88 bits per heavy atom. The molecule has 0 saturated carbocycles. The number of aromatic amines is 1. The standard InChI is InChI=1S/C14H17NO2/c1-3-10(7-13(16)17)11-8-15-12-6-4-5-9(2)14(11)12/h4-6,8,10,15H,3,7H2,1-2H3,(H,16,17). The highest BCUT2D eigenvalue weighted by Gasteiger charge is 2.18. The number of H-pyrrole nitrogens is 1. The second kappa shape index (κ2) is 4.62. The van der Waals surface area contributed by atoms with Gasteiger partial charge in [0, 0.05) is 17.1 Å². The molecule has 0 saturated heterocycles. The molecule has 3 heteroatoms. The van der Waals surface area contributed by atoms with Gasteiger partial charge in [0.15, 0.2) is 0 Å². The zero-order valence-corrected chi connectivity index (χ0v) is 10.2. The van der Waals surface area contributed by atoms with E-state index >= 15 is 0 Å². The van der Waals surface area contributed by atoms with Crippen LogP contribution in [0.1, 0.15) is 36.8 Å². The number of carbonyl (C=O) groups is 1. The molecule has 0 bridgehead atoms. The first kappa shape index (κ1) is 11.7. The zero-order valence-electron chi connectivity index (χ0n) is 10.2. The third-order valence-electron chi connectivity index (χ3n) is 3.30. The van der Waals surface area contributed by atoms with Crippen LogP contribution in [0.5, 0.6) is 0 Å². The van der Waals surface area contributed by atoms with Crippen LogP contribution in [-0.2, 0) is 4.79 Å². The number of aliphatic carboxylic acids is 1. The number of hydrogen-bond donors (Lipinski definition) is 2. The van der Waals surface area contributed by atoms with Crippen LogP contribution < -0.4 is 0 Å². The molecule has 0 aliphatic rings. The van der Waals surface area contributed by atoms with Gasteiger partial charge >= 0.3 is 5.97 Å². The molecule has 1 aromatic carbocycles. The van der Waals surface area contributed by atoms with Crippen LogP contribution in [0, 0.1) is 6.92 Å². The highest BCUT2D eigenvalue weighted by atomic mass is 16.4. The van der Waals surface area contributed by atoms with E-state index in [2.05, 4.69) is 18.0 Å². The summed E-state index contributed by atoms with van der Waals surface area (Å²) in [6.45, 7) is 4.10. The highest BCUT2D eigenvalue weighted by Crippen LogP contribution is 2.32. The fraction of sp³-hybridized carbons (Fsp3) is 0.357. The largest absolute Gasteiger partial charge is 0.481 e. The molecule has 3 nitrogen and oxygen atoms in total. The molecule has 0 radical (unpaired) electrons. The topological polar surface area (TPSA) is 53.1 Å². The Kier molecular flexibility index (Phi) is 3.18. The summed E-state index contributed by atoms with van der Waals surface area (Å²) < 4.78 is 0. The molecular weight excluding hydrogens is 214 g/mol. The predicted molar refractivity (Wildman–Crippen MR) is 68.3 cm³/mol.